The molecule has 4 heteroatoms. The van der Waals surface area contributed by atoms with Crippen LogP contribution in [0.4, 0.5) is 11.8 Å². The summed E-state index contributed by atoms with van der Waals surface area (Å²) in [7, 11) is 0. The van der Waals surface area contributed by atoms with E-state index in [-0.39, 0.29) is 0 Å². The van der Waals surface area contributed by atoms with Crippen LogP contribution in [0.15, 0.2) is 36.4 Å². The molecule has 1 aromatic carbocycles. The van der Waals surface area contributed by atoms with Gasteiger partial charge in [0.1, 0.15) is 5.82 Å². The Bertz CT molecular complexity index is 716. The van der Waals surface area contributed by atoms with Crippen LogP contribution in [0.2, 0.25) is 0 Å². The molecule has 0 atom stereocenters. The maximum absolute atomic E-state index is 4.86. The molecule has 1 saturated heterocycles. The summed E-state index contributed by atoms with van der Waals surface area (Å²) in [5.74, 6) is 2.70. The number of hydrogen-bond donors (Lipinski definition) is 1. The molecule has 2 fully saturated rings. The molecular weight excluding hydrogens is 332 g/mol. The quantitative estimate of drug-likeness (QED) is 0.811. The summed E-state index contributed by atoms with van der Waals surface area (Å²) in [5.41, 5.74) is 2.53. The molecule has 2 aliphatic rings. The Hall–Kier alpha value is -2.10. The van der Waals surface area contributed by atoms with Crippen molar-refractivity contribution in [2.45, 2.75) is 64.3 Å². The van der Waals surface area contributed by atoms with Crippen LogP contribution in [0, 0.1) is 12.8 Å². The molecule has 0 bridgehead atoms. The van der Waals surface area contributed by atoms with Crippen LogP contribution >= 0.6 is 0 Å². The van der Waals surface area contributed by atoms with Gasteiger partial charge in [0.05, 0.1) is 0 Å². The topological polar surface area (TPSA) is 41.1 Å². The number of anilines is 2. The van der Waals surface area contributed by atoms with Crippen LogP contribution in [-0.2, 0) is 6.42 Å². The van der Waals surface area contributed by atoms with Gasteiger partial charge in [-0.1, -0.05) is 49.6 Å². The minimum Gasteiger partial charge on any atom is -0.356 e. The Labute approximate surface area is 163 Å². The Morgan fingerprint density at radius 3 is 2.44 bits per heavy atom. The number of rotatable bonds is 5. The molecule has 0 radical (unpaired) electrons. The SMILES string of the molecule is Cc1cc(N2CCC(Cc3ccccc3)CC2)nc(NC2CCCCC2)n1. The number of piperidine rings is 1. The number of aromatic nitrogens is 2. The molecule has 0 unspecified atom stereocenters. The summed E-state index contributed by atoms with van der Waals surface area (Å²) in [4.78, 5) is 12.0. The van der Waals surface area contributed by atoms with Gasteiger partial charge in [0.15, 0.2) is 0 Å². The van der Waals surface area contributed by atoms with Crippen molar-refractivity contribution < 1.29 is 0 Å². The van der Waals surface area contributed by atoms with Gasteiger partial charge in [-0.3, -0.25) is 0 Å². The minimum absolute atomic E-state index is 0.546. The maximum atomic E-state index is 4.86. The van der Waals surface area contributed by atoms with Crippen LogP contribution in [0.3, 0.4) is 0 Å². The lowest BCUT2D eigenvalue weighted by Crippen LogP contribution is -2.35. The van der Waals surface area contributed by atoms with Crippen molar-refractivity contribution in [2.75, 3.05) is 23.3 Å². The molecule has 1 aromatic heterocycles. The third-order valence-corrected chi connectivity index (χ3v) is 6.08. The van der Waals surface area contributed by atoms with Crippen molar-refractivity contribution in [3.05, 3.63) is 47.7 Å². The zero-order valence-corrected chi connectivity index (χ0v) is 16.5. The Kier molecular flexibility index (Phi) is 5.90. The summed E-state index contributed by atoms with van der Waals surface area (Å²) in [6.45, 7) is 4.27. The van der Waals surface area contributed by atoms with E-state index in [0.717, 1.165) is 36.5 Å². The van der Waals surface area contributed by atoms with Gasteiger partial charge in [0, 0.05) is 30.9 Å². The smallest absolute Gasteiger partial charge is 0.225 e. The summed E-state index contributed by atoms with van der Waals surface area (Å²) >= 11 is 0. The molecule has 1 saturated carbocycles. The second-order valence-electron chi connectivity index (χ2n) is 8.29. The van der Waals surface area contributed by atoms with E-state index in [1.165, 1.54) is 56.9 Å². The lowest BCUT2D eigenvalue weighted by molar-refractivity contribution is 0.402. The van der Waals surface area contributed by atoms with Crippen molar-refractivity contribution in [2.24, 2.45) is 5.92 Å². The number of nitrogens with zero attached hydrogens (tertiary/aromatic N) is 3. The average Bonchev–Trinajstić information content (AvgIpc) is 2.70. The average molecular weight is 365 g/mol. The van der Waals surface area contributed by atoms with Crippen molar-refractivity contribution in [3.63, 3.8) is 0 Å². The highest BCUT2D eigenvalue weighted by molar-refractivity contribution is 5.45. The van der Waals surface area contributed by atoms with Gasteiger partial charge in [-0.05, 0) is 50.5 Å². The molecule has 0 spiro atoms. The summed E-state index contributed by atoms with van der Waals surface area (Å²) in [6, 6.07) is 13.6. The number of nitrogens with one attached hydrogen (secondary N) is 1. The van der Waals surface area contributed by atoms with E-state index < -0.39 is 0 Å². The second kappa shape index (κ2) is 8.73. The van der Waals surface area contributed by atoms with E-state index in [0.29, 0.717) is 6.04 Å². The Morgan fingerprint density at radius 2 is 1.70 bits per heavy atom. The highest BCUT2D eigenvalue weighted by Crippen LogP contribution is 2.26. The Balaban J connectivity index is 1.36. The van der Waals surface area contributed by atoms with E-state index >= 15 is 0 Å². The first-order chi connectivity index (χ1) is 13.3. The highest BCUT2D eigenvalue weighted by Gasteiger charge is 2.22. The van der Waals surface area contributed by atoms with Crippen LogP contribution in [-0.4, -0.2) is 29.1 Å². The first-order valence-corrected chi connectivity index (χ1v) is 10.7. The summed E-state index contributed by atoms with van der Waals surface area (Å²) in [5, 5.41) is 3.59. The summed E-state index contributed by atoms with van der Waals surface area (Å²) < 4.78 is 0. The van der Waals surface area contributed by atoms with Crippen LogP contribution in [0.1, 0.15) is 56.2 Å². The molecule has 0 amide bonds. The lowest BCUT2D eigenvalue weighted by atomic mass is 9.90. The predicted octanol–water partition coefficient (Wildman–Crippen LogP) is 4.99. The van der Waals surface area contributed by atoms with Crippen LogP contribution < -0.4 is 10.2 Å². The van der Waals surface area contributed by atoms with Crippen molar-refractivity contribution in [1.82, 2.24) is 9.97 Å². The fraction of sp³-hybridized carbons (Fsp3) is 0.565. The fourth-order valence-electron chi connectivity index (χ4n) is 4.52. The van der Waals surface area contributed by atoms with E-state index in [1.807, 2.05) is 0 Å². The highest BCUT2D eigenvalue weighted by atomic mass is 15.2. The van der Waals surface area contributed by atoms with Gasteiger partial charge in [0.2, 0.25) is 5.95 Å². The largest absolute Gasteiger partial charge is 0.356 e. The molecule has 1 N–H and O–H groups in total. The van der Waals surface area contributed by atoms with E-state index in [1.54, 1.807) is 0 Å². The Morgan fingerprint density at radius 1 is 0.963 bits per heavy atom. The molecule has 1 aliphatic carbocycles. The van der Waals surface area contributed by atoms with Gasteiger partial charge in [-0.2, -0.15) is 4.98 Å². The second-order valence-corrected chi connectivity index (χ2v) is 8.29. The first-order valence-electron chi connectivity index (χ1n) is 10.7. The molecule has 4 nitrogen and oxygen atoms in total. The fourth-order valence-corrected chi connectivity index (χ4v) is 4.52. The first kappa shape index (κ1) is 18.3. The summed E-state index contributed by atoms with van der Waals surface area (Å²) in [6.07, 6.45) is 10.2. The number of benzene rings is 1. The number of hydrogen-bond acceptors (Lipinski definition) is 4. The van der Waals surface area contributed by atoms with Gasteiger partial charge >= 0.3 is 0 Å². The molecule has 2 aromatic rings. The molecule has 27 heavy (non-hydrogen) atoms. The predicted molar refractivity (Wildman–Crippen MR) is 112 cm³/mol. The van der Waals surface area contributed by atoms with E-state index in [4.69, 9.17) is 4.98 Å². The number of aryl methyl sites for hydroxylation is 1. The molecule has 4 rings (SSSR count). The van der Waals surface area contributed by atoms with E-state index in [9.17, 15) is 0 Å². The molecule has 2 heterocycles. The zero-order chi connectivity index (χ0) is 18.5. The van der Waals surface area contributed by atoms with Crippen LogP contribution in [0.5, 0.6) is 0 Å². The normalized spacial score (nSPS) is 19.2. The molecule has 144 valence electrons. The third-order valence-electron chi connectivity index (χ3n) is 6.08. The monoisotopic (exact) mass is 364 g/mol. The van der Waals surface area contributed by atoms with Gasteiger partial charge in [0.25, 0.3) is 0 Å². The minimum atomic E-state index is 0.546. The van der Waals surface area contributed by atoms with Gasteiger partial charge in [-0.15, -0.1) is 0 Å². The maximum Gasteiger partial charge on any atom is 0.225 e. The lowest BCUT2D eigenvalue weighted by Gasteiger charge is -2.33. The molecular formula is C23H32N4. The van der Waals surface area contributed by atoms with Crippen LogP contribution in [0.25, 0.3) is 0 Å². The standard InChI is InChI=1S/C23H32N4/c1-18-16-22(26-23(24-18)25-21-10-6-3-7-11-21)27-14-12-20(13-15-27)17-19-8-4-2-5-9-19/h2,4-5,8-9,16,20-21H,3,6-7,10-15,17H2,1H3,(H,24,25,26). The third kappa shape index (κ3) is 5.00. The zero-order valence-electron chi connectivity index (χ0n) is 16.5. The van der Waals surface area contributed by atoms with Crippen molar-refractivity contribution in [3.8, 4) is 0 Å². The molecule has 1 aliphatic heterocycles. The van der Waals surface area contributed by atoms with Gasteiger partial charge in [-0.25, -0.2) is 4.98 Å². The van der Waals surface area contributed by atoms with E-state index in [2.05, 4.69) is 58.5 Å². The van der Waals surface area contributed by atoms with Gasteiger partial charge < -0.3 is 10.2 Å². The van der Waals surface area contributed by atoms with Crippen molar-refractivity contribution >= 4 is 11.8 Å². The van der Waals surface area contributed by atoms with Crippen molar-refractivity contribution in [1.29, 1.82) is 0 Å².